The molecule has 25 heavy (non-hydrogen) atoms. The summed E-state index contributed by atoms with van der Waals surface area (Å²) in [5.41, 5.74) is 2.81. The van der Waals surface area contributed by atoms with Crippen molar-refractivity contribution in [2.24, 2.45) is 5.92 Å². The lowest BCUT2D eigenvalue weighted by atomic mass is 10.0. The first-order chi connectivity index (χ1) is 12.3. The van der Waals surface area contributed by atoms with E-state index in [9.17, 15) is 0 Å². The third-order valence-electron chi connectivity index (χ3n) is 5.35. The fourth-order valence-corrected chi connectivity index (χ4v) is 3.81. The van der Waals surface area contributed by atoms with Crippen molar-refractivity contribution in [2.45, 2.75) is 38.3 Å². The molecular formula is C21H26N4. The molecule has 4 nitrogen and oxygen atoms in total. The summed E-state index contributed by atoms with van der Waals surface area (Å²) >= 11 is 0. The first kappa shape index (κ1) is 16.3. The van der Waals surface area contributed by atoms with Crippen molar-refractivity contribution in [3.8, 4) is 0 Å². The Bertz CT molecular complexity index is 705. The molecule has 2 unspecified atom stereocenters. The Morgan fingerprint density at radius 1 is 1.08 bits per heavy atom. The summed E-state index contributed by atoms with van der Waals surface area (Å²) in [6.45, 7) is 4.35. The number of nitrogens with one attached hydrogen (secondary N) is 1. The van der Waals surface area contributed by atoms with Crippen LogP contribution < -0.4 is 10.2 Å². The monoisotopic (exact) mass is 334 g/mol. The first-order valence-electron chi connectivity index (χ1n) is 9.31. The Kier molecular flexibility index (Phi) is 4.79. The van der Waals surface area contributed by atoms with E-state index in [2.05, 4.69) is 63.5 Å². The average Bonchev–Trinajstić information content (AvgIpc) is 3.43. The van der Waals surface area contributed by atoms with Crippen LogP contribution in [0.4, 0.5) is 5.95 Å². The van der Waals surface area contributed by atoms with E-state index in [1.165, 1.54) is 30.4 Å². The predicted octanol–water partition coefficient (Wildman–Crippen LogP) is 3.53. The summed E-state index contributed by atoms with van der Waals surface area (Å²) < 4.78 is 0. The summed E-state index contributed by atoms with van der Waals surface area (Å²) in [6.07, 6.45) is 9.59. The van der Waals surface area contributed by atoms with E-state index in [1.54, 1.807) is 0 Å². The second-order valence-electron chi connectivity index (χ2n) is 7.22. The summed E-state index contributed by atoms with van der Waals surface area (Å²) in [5, 5.41) is 3.87. The van der Waals surface area contributed by atoms with Gasteiger partial charge in [-0.3, -0.25) is 0 Å². The van der Waals surface area contributed by atoms with Crippen LogP contribution in [0.15, 0.2) is 54.4 Å². The zero-order valence-electron chi connectivity index (χ0n) is 14.8. The highest BCUT2D eigenvalue weighted by Crippen LogP contribution is 2.38. The Balaban J connectivity index is 1.26. The van der Waals surface area contributed by atoms with Gasteiger partial charge in [0, 0.05) is 37.6 Å². The fraction of sp³-hybridized carbons (Fsp3) is 0.429. The topological polar surface area (TPSA) is 41.0 Å². The minimum atomic E-state index is 0.625. The van der Waals surface area contributed by atoms with Gasteiger partial charge in [-0.1, -0.05) is 42.0 Å². The standard InChI is InChI=1S/C21H26N4/c1-16(14-17-6-3-2-4-7-17)19-15-20(19)24-18-8-12-25(13-9-18)21-22-10-5-11-23-21/h2-7,10-11,14,18-20,24H,8-9,12-13,15H2,1H3/b16-14+. The maximum Gasteiger partial charge on any atom is 0.225 e. The van der Waals surface area contributed by atoms with Gasteiger partial charge in [0.05, 0.1) is 0 Å². The number of nitrogens with zero attached hydrogens (tertiary/aromatic N) is 3. The number of hydrogen-bond donors (Lipinski definition) is 1. The van der Waals surface area contributed by atoms with Crippen LogP contribution in [0.1, 0.15) is 31.7 Å². The molecule has 1 aromatic heterocycles. The van der Waals surface area contributed by atoms with Crippen molar-refractivity contribution in [2.75, 3.05) is 18.0 Å². The van der Waals surface area contributed by atoms with E-state index < -0.39 is 0 Å². The Hall–Kier alpha value is -2.20. The molecule has 2 aromatic rings. The van der Waals surface area contributed by atoms with Gasteiger partial charge < -0.3 is 10.2 Å². The smallest absolute Gasteiger partial charge is 0.225 e. The van der Waals surface area contributed by atoms with Crippen LogP contribution in [0, 0.1) is 5.92 Å². The maximum absolute atomic E-state index is 4.36. The quantitative estimate of drug-likeness (QED) is 0.908. The van der Waals surface area contributed by atoms with Gasteiger partial charge in [-0.05, 0) is 43.7 Å². The average molecular weight is 334 g/mol. The summed E-state index contributed by atoms with van der Waals surface area (Å²) in [7, 11) is 0. The number of benzene rings is 1. The van der Waals surface area contributed by atoms with Gasteiger partial charge in [0.2, 0.25) is 5.95 Å². The first-order valence-corrected chi connectivity index (χ1v) is 9.31. The van der Waals surface area contributed by atoms with Gasteiger partial charge in [-0.25, -0.2) is 9.97 Å². The molecule has 0 spiro atoms. The van der Waals surface area contributed by atoms with Crippen molar-refractivity contribution < 1.29 is 0 Å². The third kappa shape index (κ3) is 4.07. The largest absolute Gasteiger partial charge is 0.341 e. The van der Waals surface area contributed by atoms with Gasteiger partial charge >= 0.3 is 0 Å². The number of rotatable bonds is 5. The van der Waals surface area contributed by atoms with Crippen LogP contribution in [0.2, 0.25) is 0 Å². The molecule has 1 aromatic carbocycles. The van der Waals surface area contributed by atoms with Crippen molar-refractivity contribution in [3.63, 3.8) is 0 Å². The van der Waals surface area contributed by atoms with Crippen LogP contribution in [-0.4, -0.2) is 35.1 Å². The van der Waals surface area contributed by atoms with E-state index in [4.69, 9.17) is 0 Å². The fourth-order valence-electron chi connectivity index (χ4n) is 3.81. The molecule has 0 bridgehead atoms. The SMILES string of the molecule is C/C(=C\c1ccccc1)C1CC1NC1CCN(c2ncccn2)CC1. The normalized spacial score (nSPS) is 24.4. The highest BCUT2D eigenvalue weighted by molar-refractivity contribution is 5.53. The minimum absolute atomic E-state index is 0.625. The number of aromatic nitrogens is 2. The van der Waals surface area contributed by atoms with Crippen LogP contribution in [0.5, 0.6) is 0 Å². The molecule has 130 valence electrons. The van der Waals surface area contributed by atoms with E-state index in [-0.39, 0.29) is 0 Å². The van der Waals surface area contributed by atoms with Gasteiger partial charge in [0.15, 0.2) is 0 Å². The second kappa shape index (κ2) is 7.36. The Morgan fingerprint density at radius 2 is 1.80 bits per heavy atom. The molecule has 2 aliphatic rings. The van der Waals surface area contributed by atoms with E-state index in [0.717, 1.165) is 19.0 Å². The van der Waals surface area contributed by atoms with Crippen LogP contribution in [-0.2, 0) is 0 Å². The predicted molar refractivity (Wildman–Crippen MR) is 102 cm³/mol. The number of hydrogen-bond acceptors (Lipinski definition) is 4. The highest BCUT2D eigenvalue weighted by Gasteiger charge is 2.39. The molecule has 1 N–H and O–H groups in total. The molecule has 4 heteroatoms. The van der Waals surface area contributed by atoms with Crippen molar-refractivity contribution in [3.05, 3.63) is 59.9 Å². The van der Waals surface area contributed by atoms with Crippen molar-refractivity contribution in [1.82, 2.24) is 15.3 Å². The number of piperidine rings is 1. The second-order valence-corrected chi connectivity index (χ2v) is 7.22. The molecule has 0 radical (unpaired) electrons. The Morgan fingerprint density at radius 3 is 2.52 bits per heavy atom. The van der Waals surface area contributed by atoms with Gasteiger partial charge in [-0.2, -0.15) is 0 Å². The van der Waals surface area contributed by atoms with Crippen LogP contribution >= 0.6 is 0 Å². The molecule has 2 heterocycles. The van der Waals surface area contributed by atoms with Crippen LogP contribution in [0.25, 0.3) is 6.08 Å². The van der Waals surface area contributed by atoms with Gasteiger partial charge in [0.1, 0.15) is 0 Å². The maximum atomic E-state index is 4.36. The van der Waals surface area contributed by atoms with E-state index in [1.807, 2.05) is 18.5 Å². The molecule has 1 saturated heterocycles. The summed E-state index contributed by atoms with van der Waals surface area (Å²) in [6, 6.07) is 13.8. The molecule has 2 atom stereocenters. The van der Waals surface area contributed by atoms with Gasteiger partial charge in [0.25, 0.3) is 0 Å². The Labute approximate surface area is 150 Å². The molecule has 1 saturated carbocycles. The third-order valence-corrected chi connectivity index (χ3v) is 5.35. The highest BCUT2D eigenvalue weighted by atomic mass is 15.3. The van der Waals surface area contributed by atoms with Crippen LogP contribution in [0.3, 0.4) is 0 Å². The zero-order valence-corrected chi connectivity index (χ0v) is 14.8. The zero-order chi connectivity index (χ0) is 17.1. The summed E-state index contributed by atoms with van der Waals surface area (Å²) in [4.78, 5) is 11.0. The van der Waals surface area contributed by atoms with E-state index in [0.29, 0.717) is 18.0 Å². The van der Waals surface area contributed by atoms with E-state index >= 15 is 0 Å². The lowest BCUT2D eigenvalue weighted by molar-refractivity contribution is 0.405. The molecule has 4 rings (SSSR count). The summed E-state index contributed by atoms with van der Waals surface area (Å²) in [5.74, 6) is 1.57. The van der Waals surface area contributed by atoms with Gasteiger partial charge in [-0.15, -0.1) is 0 Å². The molecule has 0 amide bonds. The molecule has 1 aliphatic heterocycles. The van der Waals surface area contributed by atoms with Crippen molar-refractivity contribution in [1.29, 1.82) is 0 Å². The minimum Gasteiger partial charge on any atom is -0.341 e. The molecule has 1 aliphatic carbocycles. The molecule has 2 fully saturated rings. The van der Waals surface area contributed by atoms with Crippen molar-refractivity contribution >= 4 is 12.0 Å². The number of anilines is 1. The lowest BCUT2D eigenvalue weighted by Gasteiger charge is -2.32. The molecular weight excluding hydrogens is 308 g/mol. The lowest BCUT2D eigenvalue weighted by Crippen LogP contribution is -2.44.